The molecule has 2 aromatic rings. The van der Waals surface area contributed by atoms with E-state index >= 15 is 0 Å². The molecule has 1 heterocycles. The van der Waals surface area contributed by atoms with Crippen molar-refractivity contribution in [3.63, 3.8) is 0 Å². The van der Waals surface area contributed by atoms with E-state index in [1.807, 2.05) is 25.1 Å². The van der Waals surface area contributed by atoms with Crippen LogP contribution in [0.2, 0.25) is 0 Å². The van der Waals surface area contributed by atoms with Crippen LogP contribution in [-0.2, 0) is 0 Å². The highest BCUT2D eigenvalue weighted by molar-refractivity contribution is 9.10. The van der Waals surface area contributed by atoms with E-state index in [0.717, 1.165) is 21.3 Å². The van der Waals surface area contributed by atoms with Crippen molar-refractivity contribution in [2.75, 3.05) is 0 Å². The van der Waals surface area contributed by atoms with Crippen molar-refractivity contribution >= 4 is 15.9 Å². The lowest BCUT2D eigenvalue weighted by Gasteiger charge is -2.08. The molecule has 3 nitrogen and oxygen atoms in total. The molecule has 0 bridgehead atoms. The molecule has 1 aromatic carbocycles. The van der Waals surface area contributed by atoms with Gasteiger partial charge in [-0.3, -0.25) is 0 Å². The van der Waals surface area contributed by atoms with Gasteiger partial charge >= 0.3 is 0 Å². The summed E-state index contributed by atoms with van der Waals surface area (Å²) in [5.74, 6) is 1.26. The first kappa shape index (κ1) is 13.1. The fraction of sp³-hybridized carbons (Fsp3) is 0.214. The summed E-state index contributed by atoms with van der Waals surface area (Å²) < 4.78 is 6.68. The Labute approximate surface area is 115 Å². The predicted molar refractivity (Wildman–Crippen MR) is 73.8 cm³/mol. The van der Waals surface area contributed by atoms with Crippen molar-refractivity contribution in [3.05, 3.63) is 52.1 Å². The summed E-state index contributed by atoms with van der Waals surface area (Å²) in [5.41, 5.74) is 1.88. The average molecular weight is 308 g/mol. The smallest absolute Gasteiger partial charge is 0.219 e. The number of hydrogen-bond acceptors (Lipinski definition) is 3. The highest BCUT2D eigenvalue weighted by Gasteiger charge is 2.04. The number of aromatic nitrogens is 1. The minimum atomic E-state index is -0.513. The number of ether oxygens (including phenoxy) is 1. The summed E-state index contributed by atoms with van der Waals surface area (Å²) in [4.78, 5) is 4.15. The van der Waals surface area contributed by atoms with Crippen LogP contribution in [0.15, 0.2) is 41.0 Å². The number of aryl methyl sites for hydroxylation is 1. The van der Waals surface area contributed by atoms with Crippen LogP contribution in [0.25, 0.3) is 0 Å². The molecule has 0 radical (unpaired) electrons. The predicted octanol–water partition coefficient (Wildman–Crippen LogP) is 4.00. The third-order valence-electron chi connectivity index (χ3n) is 2.59. The third-order valence-corrected chi connectivity index (χ3v) is 3.48. The number of aliphatic hydroxyl groups is 1. The van der Waals surface area contributed by atoms with Crippen LogP contribution in [0.5, 0.6) is 11.6 Å². The Morgan fingerprint density at radius 3 is 2.61 bits per heavy atom. The van der Waals surface area contributed by atoms with Gasteiger partial charge in [0.2, 0.25) is 5.88 Å². The van der Waals surface area contributed by atoms with E-state index in [9.17, 15) is 5.11 Å². The van der Waals surface area contributed by atoms with Gasteiger partial charge in [0.15, 0.2) is 0 Å². The number of rotatable bonds is 3. The van der Waals surface area contributed by atoms with Crippen LogP contribution in [0.1, 0.15) is 24.2 Å². The molecule has 18 heavy (non-hydrogen) atoms. The molecule has 0 aliphatic rings. The van der Waals surface area contributed by atoms with Gasteiger partial charge in [0.05, 0.1) is 6.10 Å². The van der Waals surface area contributed by atoms with Crippen molar-refractivity contribution in [2.24, 2.45) is 0 Å². The molecule has 0 fully saturated rings. The van der Waals surface area contributed by atoms with Gasteiger partial charge in [0, 0.05) is 16.7 Å². The molecule has 4 heteroatoms. The monoisotopic (exact) mass is 307 g/mol. The molecule has 0 amide bonds. The molecule has 0 spiro atoms. The van der Waals surface area contributed by atoms with Gasteiger partial charge in [-0.25, -0.2) is 4.98 Å². The van der Waals surface area contributed by atoms with Gasteiger partial charge in [-0.1, -0.05) is 15.9 Å². The van der Waals surface area contributed by atoms with Crippen molar-refractivity contribution in [3.8, 4) is 11.6 Å². The van der Waals surface area contributed by atoms with Crippen LogP contribution >= 0.6 is 15.9 Å². The number of hydrogen-bond donors (Lipinski definition) is 1. The first-order valence-corrected chi connectivity index (χ1v) is 6.43. The zero-order valence-corrected chi connectivity index (χ0v) is 11.8. The molecule has 2 rings (SSSR count). The molecule has 1 aromatic heterocycles. The van der Waals surface area contributed by atoms with E-state index < -0.39 is 6.10 Å². The van der Waals surface area contributed by atoms with Gasteiger partial charge in [-0.05, 0) is 49.2 Å². The lowest BCUT2D eigenvalue weighted by atomic mass is 10.2. The summed E-state index contributed by atoms with van der Waals surface area (Å²) in [6.45, 7) is 3.70. The Bertz CT molecular complexity index is 538. The van der Waals surface area contributed by atoms with Crippen molar-refractivity contribution < 1.29 is 9.84 Å². The fourth-order valence-corrected chi connectivity index (χ4v) is 1.75. The lowest BCUT2D eigenvalue weighted by Crippen LogP contribution is -1.94. The zero-order chi connectivity index (χ0) is 13.1. The lowest BCUT2D eigenvalue weighted by molar-refractivity contribution is 0.198. The number of pyridine rings is 1. The third kappa shape index (κ3) is 3.09. The second-order valence-electron chi connectivity index (χ2n) is 4.12. The van der Waals surface area contributed by atoms with E-state index in [-0.39, 0.29) is 0 Å². The standard InChI is InChI=1S/C14H14BrNO2/c1-9-7-12(4-5-13(9)15)18-14-6-3-11(8-16-14)10(2)17/h3-8,10,17H,1-2H3. The van der Waals surface area contributed by atoms with Crippen LogP contribution < -0.4 is 4.74 Å². The summed E-state index contributed by atoms with van der Waals surface area (Å²) >= 11 is 3.44. The first-order chi connectivity index (χ1) is 8.56. The highest BCUT2D eigenvalue weighted by atomic mass is 79.9. The Morgan fingerprint density at radius 1 is 1.28 bits per heavy atom. The minimum Gasteiger partial charge on any atom is -0.439 e. The SMILES string of the molecule is Cc1cc(Oc2ccc(C(C)O)cn2)ccc1Br. The molecular weight excluding hydrogens is 294 g/mol. The fourth-order valence-electron chi connectivity index (χ4n) is 1.50. The maximum atomic E-state index is 9.39. The summed E-state index contributed by atoms with van der Waals surface area (Å²) in [5, 5.41) is 9.39. The molecule has 0 saturated heterocycles. The van der Waals surface area contributed by atoms with Crippen LogP contribution in [-0.4, -0.2) is 10.1 Å². The maximum absolute atomic E-state index is 9.39. The number of nitrogens with zero attached hydrogens (tertiary/aromatic N) is 1. The number of aliphatic hydroxyl groups excluding tert-OH is 1. The van der Waals surface area contributed by atoms with Crippen LogP contribution in [0, 0.1) is 6.92 Å². The minimum absolute atomic E-state index is 0.513. The Morgan fingerprint density at radius 2 is 2.06 bits per heavy atom. The molecule has 0 aliphatic carbocycles. The van der Waals surface area contributed by atoms with Crippen molar-refractivity contribution in [1.82, 2.24) is 4.98 Å². The molecule has 94 valence electrons. The van der Waals surface area contributed by atoms with Crippen LogP contribution in [0.4, 0.5) is 0 Å². The molecule has 1 atom stereocenters. The van der Waals surface area contributed by atoms with E-state index in [2.05, 4.69) is 20.9 Å². The summed E-state index contributed by atoms with van der Waals surface area (Å²) in [6, 6.07) is 9.31. The summed E-state index contributed by atoms with van der Waals surface area (Å²) in [7, 11) is 0. The molecule has 0 saturated carbocycles. The average Bonchev–Trinajstić information content (AvgIpc) is 2.34. The molecule has 0 aliphatic heterocycles. The topological polar surface area (TPSA) is 42.4 Å². The zero-order valence-electron chi connectivity index (χ0n) is 10.2. The van der Waals surface area contributed by atoms with Gasteiger partial charge in [0.1, 0.15) is 5.75 Å². The van der Waals surface area contributed by atoms with Crippen molar-refractivity contribution in [1.29, 1.82) is 0 Å². The maximum Gasteiger partial charge on any atom is 0.219 e. The van der Waals surface area contributed by atoms with Gasteiger partial charge in [-0.15, -0.1) is 0 Å². The quantitative estimate of drug-likeness (QED) is 0.932. The first-order valence-electron chi connectivity index (χ1n) is 5.64. The Hall–Kier alpha value is -1.39. The molecule has 1 N–H and O–H groups in total. The second kappa shape index (κ2) is 5.50. The van der Waals surface area contributed by atoms with E-state index in [1.54, 1.807) is 25.3 Å². The van der Waals surface area contributed by atoms with Crippen LogP contribution in [0.3, 0.4) is 0 Å². The van der Waals surface area contributed by atoms with Gasteiger partial charge in [0.25, 0.3) is 0 Å². The van der Waals surface area contributed by atoms with Crippen molar-refractivity contribution in [2.45, 2.75) is 20.0 Å². The Kier molecular flexibility index (Phi) is 3.99. The van der Waals surface area contributed by atoms with E-state index in [4.69, 9.17) is 4.74 Å². The van der Waals surface area contributed by atoms with E-state index in [0.29, 0.717) is 5.88 Å². The second-order valence-corrected chi connectivity index (χ2v) is 4.97. The summed E-state index contributed by atoms with van der Waals surface area (Å²) in [6.07, 6.45) is 1.10. The largest absolute Gasteiger partial charge is 0.439 e. The van der Waals surface area contributed by atoms with Gasteiger partial charge in [-0.2, -0.15) is 0 Å². The Balaban J connectivity index is 2.15. The normalized spacial score (nSPS) is 12.2. The molecule has 1 unspecified atom stereocenters. The van der Waals surface area contributed by atoms with E-state index in [1.165, 1.54) is 0 Å². The number of benzene rings is 1. The highest BCUT2D eigenvalue weighted by Crippen LogP contribution is 2.25. The van der Waals surface area contributed by atoms with Gasteiger partial charge < -0.3 is 9.84 Å². The molecular formula is C14H14BrNO2. The number of halogens is 1.